The minimum atomic E-state index is -0.0504. The van der Waals surface area contributed by atoms with Crippen LogP contribution in [0, 0.1) is 0 Å². The maximum atomic E-state index is 12.7. The van der Waals surface area contributed by atoms with Crippen LogP contribution in [-0.2, 0) is 22.4 Å². The molecular weight excluding hydrogens is 444 g/mol. The molecular formula is C27H32N4O4. The highest BCUT2D eigenvalue weighted by atomic mass is 16.5. The number of benzene rings is 2. The largest absolute Gasteiger partial charge is 0.493 e. The van der Waals surface area contributed by atoms with Gasteiger partial charge in [-0.3, -0.25) is 9.59 Å². The Labute approximate surface area is 205 Å². The molecule has 0 spiro atoms. The number of unbranched alkanes of at least 4 members (excludes halogenated alkanes) is 2. The van der Waals surface area contributed by atoms with Gasteiger partial charge in [-0.25, -0.2) is 4.98 Å². The molecule has 2 heterocycles. The number of methoxy groups -OCH3 is 2. The molecule has 0 radical (unpaired) electrons. The molecule has 0 unspecified atom stereocenters. The lowest BCUT2D eigenvalue weighted by Gasteiger charge is -2.17. The van der Waals surface area contributed by atoms with Crippen molar-refractivity contribution >= 4 is 28.9 Å². The summed E-state index contributed by atoms with van der Waals surface area (Å²) in [6.07, 6.45) is 7.95. The van der Waals surface area contributed by atoms with Crippen molar-refractivity contribution in [3.05, 3.63) is 59.5 Å². The normalized spacial score (nSPS) is 13.0. The number of imidazole rings is 1. The molecule has 0 atom stereocenters. The SMILES string of the molecule is COc1cc2c(cc1OC)CC(=O)N(CCC(=O)NCCCCCc1nc3ccccc3[nH]1)C=C2. The average molecular weight is 477 g/mol. The lowest BCUT2D eigenvalue weighted by atomic mass is 10.0. The summed E-state index contributed by atoms with van der Waals surface area (Å²) >= 11 is 0. The molecule has 1 aromatic heterocycles. The maximum absolute atomic E-state index is 12.7. The molecule has 0 fully saturated rings. The van der Waals surface area contributed by atoms with Gasteiger partial charge >= 0.3 is 0 Å². The number of hydrogen-bond acceptors (Lipinski definition) is 5. The van der Waals surface area contributed by atoms with Crippen LogP contribution in [0.5, 0.6) is 11.5 Å². The molecule has 2 N–H and O–H groups in total. The summed E-state index contributed by atoms with van der Waals surface area (Å²) in [5.74, 6) is 2.12. The number of rotatable bonds is 11. The number of carbonyl (C=O) groups is 2. The van der Waals surface area contributed by atoms with Gasteiger partial charge in [0.25, 0.3) is 0 Å². The Morgan fingerprint density at radius 2 is 1.91 bits per heavy atom. The highest BCUT2D eigenvalue weighted by Crippen LogP contribution is 2.32. The average Bonchev–Trinajstić information content (AvgIpc) is 3.22. The van der Waals surface area contributed by atoms with Crippen LogP contribution >= 0.6 is 0 Å². The number of ether oxygens (including phenoxy) is 2. The van der Waals surface area contributed by atoms with Crippen molar-refractivity contribution < 1.29 is 19.1 Å². The molecule has 1 aliphatic heterocycles. The van der Waals surface area contributed by atoms with Crippen molar-refractivity contribution in [1.82, 2.24) is 20.2 Å². The Hall–Kier alpha value is -3.81. The zero-order valence-corrected chi connectivity index (χ0v) is 20.3. The van der Waals surface area contributed by atoms with Gasteiger partial charge in [-0.15, -0.1) is 0 Å². The molecule has 2 amide bonds. The first-order chi connectivity index (χ1) is 17.1. The summed E-state index contributed by atoms with van der Waals surface area (Å²) in [5.41, 5.74) is 3.84. The molecule has 8 heteroatoms. The molecule has 0 saturated carbocycles. The van der Waals surface area contributed by atoms with Gasteiger partial charge in [-0.05, 0) is 54.3 Å². The lowest BCUT2D eigenvalue weighted by molar-refractivity contribution is -0.128. The Bertz CT molecular complexity index is 1180. The molecule has 0 bridgehead atoms. The number of fused-ring (bicyclic) bond motifs is 2. The molecule has 4 rings (SSSR count). The van der Waals surface area contributed by atoms with Crippen LogP contribution in [0.3, 0.4) is 0 Å². The third kappa shape index (κ3) is 6.20. The zero-order chi connectivity index (χ0) is 24.6. The van der Waals surface area contributed by atoms with Crippen molar-refractivity contribution in [2.24, 2.45) is 0 Å². The zero-order valence-electron chi connectivity index (χ0n) is 20.3. The van der Waals surface area contributed by atoms with E-state index in [9.17, 15) is 9.59 Å². The Morgan fingerprint density at radius 3 is 2.71 bits per heavy atom. The molecule has 0 aliphatic carbocycles. The summed E-state index contributed by atoms with van der Waals surface area (Å²) < 4.78 is 10.7. The fraction of sp³-hybridized carbons (Fsp3) is 0.370. The van der Waals surface area contributed by atoms with E-state index in [1.165, 1.54) is 0 Å². The third-order valence-corrected chi connectivity index (χ3v) is 6.17. The van der Waals surface area contributed by atoms with Crippen LogP contribution in [0.2, 0.25) is 0 Å². The van der Waals surface area contributed by atoms with Crippen LogP contribution < -0.4 is 14.8 Å². The van der Waals surface area contributed by atoms with E-state index in [1.54, 1.807) is 25.3 Å². The first kappa shape index (κ1) is 24.3. The summed E-state index contributed by atoms with van der Waals surface area (Å²) in [6, 6.07) is 11.7. The molecule has 8 nitrogen and oxygen atoms in total. The van der Waals surface area contributed by atoms with Gasteiger partial charge in [-0.2, -0.15) is 0 Å². The summed E-state index contributed by atoms with van der Waals surface area (Å²) in [6.45, 7) is 0.975. The fourth-order valence-corrected chi connectivity index (χ4v) is 4.22. The number of nitrogens with zero attached hydrogens (tertiary/aromatic N) is 2. The van der Waals surface area contributed by atoms with Gasteiger partial charge in [0.05, 0.1) is 31.7 Å². The van der Waals surface area contributed by atoms with Gasteiger partial charge in [0.15, 0.2) is 11.5 Å². The quantitative estimate of drug-likeness (QED) is 0.410. The van der Waals surface area contributed by atoms with Crippen LogP contribution in [-0.4, -0.2) is 54.0 Å². The molecule has 1 aliphatic rings. The summed E-state index contributed by atoms with van der Waals surface area (Å²) in [4.78, 5) is 34.6. The Morgan fingerprint density at radius 1 is 1.11 bits per heavy atom. The van der Waals surface area contributed by atoms with Gasteiger partial charge in [0.2, 0.25) is 11.8 Å². The van der Waals surface area contributed by atoms with Crippen LogP contribution in [0.4, 0.5) is 0 Å². The summed E-state index contributed by atoms with van der Waals surface area (Å²) in [5, 5.41) is 2.96. The van der Waals surface area contributed by atoms with E-state index in [4.69, 9.17) is 9.47 Å². The smallest absolute Gasteiger partial charge is 0.230 e. The molecule has 184 valence electrons. The van der Waals surface area contributed by atoms with Crippen molar-refractivity contribution in [2.75, 3.05) is 27.3 Å². The van der Waals surface area contributed by atoms with Crippen molar-refractivity contribution in [2.45, 2.75) is 38.5 Å². The second-order valence-corrected chi connectivity index (χ2v) is 8.60. The topological polar surface area (TPSA) is 96.6 Å². The van der Waals surface area contributed by atoms with Gasteiger partial charge in [0, 0.05) is 32.1 Å². The molecule has 2 aromatic carbocycles. The number of aryl methyl sites for hydroxylation is 1. The van der Waals surface area contributed by atoms with Crippen molar-refractivity contribution in [1.29, 1.82) is 0 Å². The minimum Gasteiger partial charge on any atom is -0.493 e. The predicted octanol–water partition coefficient (Wildman–Crippen LogP) is 3.85. The Balaban J connectivity index is 1.16. The second-order valence-electron chi connectivity index (χ2n) is 8.60. The van der Waals surface area contributed by atoms with E-state index in [2.05, 4.69) is 15.3 Å². The van der Waals surface area contributed by atoms with E-state index < -0.39 is 0 Å². The van der Waals surface area contributed by atoms with Crippen molar-refractivity contribution in [3.8, 4) is 11.5 Å². The molecule has 0 saturated heterocycles. The number of aromatic amines is 1. The highest BCUT2D eigenvalue weighted by molar-refractivity contribution is 5.85. The van der Waals surface area contributed by atoms with Gasteiger partial charge in [-0.1, -0.05) is 18.6 Å². The first-order valence-corrected chi connectivity index (χ1v) is 12.0. The molecule has 3 aromatic rings. The van der Waals surface area contributed by atoms with Gasteiger partial charge < -0.3 is 24.7 Å². The highest BCUT2D eigenvalue weighted by Gasteiger charge is 2.20. The van der Waals surface area contributed by atoms with E-state index in [1.807, 2.05) is 42.5 Å². The number of para-hydroxylation sites is 2. The van der Waals surface area contributed by atoms with Crippen LogP contribution in [0.1, 0.15) is 42.6 Å². The number of carbonyl (C=O) groups excluding carboxylic acids is 2. The fourth-order valence-electron chi connectivity index (χ4n) is 4.22. The second kappa shape index (κ2) is 11.6. The number of H-pyrrole nitrogens is 1. The predicted molar refractivity (Wildman–Crippen MR) is 135 cm³/mol. The van der Waals surface area contributed by atoms with E-state index in [0.717, 1.165) is 53.7 Å². The maximum Gasteiger partial charge on any atom is 0.230 e. The van der Waals surface area contributed by atoms with Crippen LogP contribution in [0.25, 0.3) is 17.1 Å². The standard InChI is InChI=1S/C27H32N4O4/c1-34-23-16-19-11-14-31(27(33)18-20(19)17-24(23)35-2)15-12-26(32)28-13-7-3-4-10-25-29-21-8-5-6-9-22(21)30-25/h5-6,8-9,11,14,16-17H,3-4,7,10,12-13,15,18H2,1-2H3,(H,28,32)(H,29,30). The Kier molecular flexibility index (Phi) is 8.03. The minimum absolute atomic E-state index is 0.0476. The number of hydrogen-bond donors (Lipinski definition) is 2. The molecule has 35 heavy (non-hydrogen) atoms. The summed E-state index contributed by atoms with van der Waals surface area (Å²) in [7, 11) is 3.16. The van der Waals surface area contributed by atoms with Gasteiger partial charge in [0.1, 0.15) is 5.82 Å². The monoisotopic (exact) mass is 476 g/mol. The number of aromatic nitrogens is 2. The number of nitrogens with one attached hydrogen (secondary N) is 2. The lowest BCUT2D eigenvalue weighted by Crippen LogP contribution is -2.32. The third-order valence-electron chi connectivity index (χ3n) is 6.17. The van der Waals surface area contributed by atoms with E-state index >= 15 is 0 Å². The van der Waals surface area contributed by atoms with Crippen LogP contribution in [0.15, 0.2) is 42.6 Å². The first-order valence-electron chi connectivity index (χ1n) is 12.0. The van der Waals surface area contributed by atoms with E-state index in [-0.39, 0.29) is 24.7 Å². The van der Waals surface area contributed by atoms with E-state index in [0.29, 0.717) is 24.6 Å². The van der Waals surface area contributed by atoms with Crippen molar-refractivity contribution in [3.63, 3.8) is 0 Å². The number of amides is 2.